The van der Waals surface area contributed by atoms with Gasteiger partial charge in [-0.15, -0.1) is 11.3 Å². The molecule has 2 heterocycles. The minimum atomic E-state index is -3.04. The van der Waals surface area contributed by atoms with Gasteiger partial charge in [-0.25, -0.2) is 8.42 Å². The maximum atomic E-state index is 12.3. The molecular weight excluding hydrogens is 308 g/mol. The molecular formula is C14H18N2O3S2. The van der Waals surface area contributed by atoms with Crippen LogP contribution in [0.5, 0.6) is 0 Å². The highest BCUT2D eigenvalue weighted by atomic mass is 32.2. The van der Waals surface area contributed by atoms with Crippen LogP contribution in [-0.2, 0) is 9.84 Å². The zero-order valence-electron chi connectivity index (χ0n) is 12.0. The van der Waals surface area contributed by atoms with E-state index in [1.54, 1.807) is 13.0 Å². The van der Waals surface area contributed by atoms with Crippen molar-refractivity contribution in [3.63, 3.8) is 0 Å². The number of carbonyl (C=O) groups is 1. The molecule has 0 aromatic carbocycles. The molecule has 21 heavy (non-hydrogen) atoms. The molecule has 0 bridgehead atoms. The number of aryl methyl sites for hydroxylation is 1. The normalized spacial score (nSPS) is 23.4. The van der Waals surface area contributed by atoms with Crippen LogP contribution in [0.1, 0.15) is 33.5 Å². The van der Waals surface area contributed by atoms with Crippen molar-refractivity contribution in [3.05, 3.63) is 21.4 Å². The molecule has 1 aromatic heterocycles. The largest absolute Gasteiger partial charge is 0.345 e. The smallest absolute Gasteiger partial charge is 0.261 e. The summed E-state index contributed by atoms with van der Waals surface area (Å²) < 4.78 is 23.1. The van der Waals surface area contributed by atoms with Crippen LogP contribution in [0.2, 0.25) is 0 Å². The Morgan fingerprint density at radius 3 is 2.86 bits per heavy atom. The quantitative estimate of drug-likeness (QED) is 0.782. The van der Waals surface area contributed by atoms with Gasteiger partial charge in [0.15, 0.2) is 9.84 Å². The molecule has 7 heteroatoms. The van der Waals surface area contributed by atoms with E-state index in [0.29, 0.717) is 11.3 Å². The number of hydrogen-bond acceptors (Lipinski definition) is 5. The highest BCUT2D eigenvalue weighted by Crippen LogP contribution is 2.25. The zero-order chi connectivity index (χ0) is 15.7. The van der Waals surface area contributed by atoms with Gasteiger partial charge in [0.1, 0.15) is 0 Å². The van der Waals surface area contributed by atoms with E-state index in [0.717, 1.165) is 10.4 Å². The molecule has 1 unspecified atom stereocenters. The lowest BCUT2D eigenvalue weighted by Gasteiger charge is -2.23. The summed E-state index contributed by atoms with van der Waals surface area (Å²) in [4.78, 5) is 13.6. The van der Waals surface area contributed by atoms with Gasteiger partial charge in [0.05, 0.1) is 33.3 Å². The molecule has 0 saturated carbocycles. The van der Waals surface area contributed by atoms with Gasteiger partial charge in [0, 0.05) is 0 Å². The summed E-state index contributed by atoms with van der Waals surface area (Å²) >= 11 is 1.30. The fraction of sp³-hybridized carbons (Fsp3) is 0.500. The third kappa shape index (κ3) is 3.84. The van der Waals surface area contributed by atoms with E-state index in [9.17, 15) is 13.2 Å². The van der Waals surface area contributed by atoms with Crippen molar-refractivity contribution in [2.24, 2.45) is 5.73 Å². The standard InChI is InChI=1S/C14H18N2O3S2/c1-10-8-12(20-11(10)4-3-6-15)13(17)16-14(2)5-7-21(18,19)9-14/h8H,5-7,9,15H2,1-2H3,(H,16,17). The van der Waals surface area contributed by atoms with Gasteiger partial charge in [-0.2, -0.15) is 0 Å². The van der Waals surface area contributed by atoms with Gasteiger partial charge in [-0.1, -0.05) is 11.8 Å². The van der Waals surface area contributed by atoms with E-state index in [2.05, 4.69) is 17.2 Å². The molecule has 1 aliphatic rings. The fourth-order valence-corrected chi connectivity index (χ4v) is 5.33. The Bertz CT molecular complexity index is 725. The summed E-state index contributed by atoms with van der Waals surface area (Å²) in [6.45, 7) is 3.93. The van der Waals surface area contributed by atoms with Crippen molar-refractivity contribution in [1.29, 1.82) is 0 Å². The number of nitrogens with two attached hydrogens (primary N) is 1. The number of rotatable bonds is 2. The van der Waals surface area contributed by atoms with Gasteiger partial charge in [-0.05, 0) is 31.9 Å². The summed E-state index contributed by atoms with van der Waals surface area (Å²) in [5.74, 6) is 5.57. The van der Waals surface area contributed by atoms with Gasteiger partial charge in [0.2, 0.25) is 0 Å². The summed E-state index contributed by atoms with van der Waals surface area (Å²) in [6.07, 6.45) is 0.450. The maximum Gasteiger partial charge on any atom is 0.261 e. The van der Waals surface area contributed by atoms with E-state index >= 15 is 0 Å². The van der Waals surface area contributed by atoms with Gasteiger partial charge in [-0.3, -0.25) is 4.79 Å². The fourth-order valence-electron chi connectivity index (χ4n) is 2.29. The lowest BCUT2D eigenvalue weighted by atomic mass is 10.0. The van der Waals surface area contributed by atoms with Crippen LogP contribution in [0, 0.1) is 18.8 Å². The molecule has 0 radical (unpaired) electrons. The summed E-state index contributed by atoms with van der Waals surface area (Å²) in [6, 6.07) is 1.77. The Labute approximate surface area is 128 Å². The molecule has 1 atom stereocenters. The van der Waals surface area contributed by atoms with E-state index in [4.69, 9.17) is 5.73 Å². The molecule has 1 amide bonds. The Morgan fingerprint density at radius 1 is 1.57 bits per heavy atom. The van der Waals surface area contributed by atoms with Crippen molar-refractivity contribution in [2.75, 3.05) is 18.1 Å². The van der Waals surface area contributed by atoms with E-state index in [1.807, 2.05) is 6.92 Å². The second kappa shape index (κ2) is 5.79. The number of amides is 1. The molecule has 1 fully saturated rings. The van der Waals surface area contributed by atoms with Gasteiger partial charge < -0.3 is 11.1 Å². The number of nitrogens with one attached hydrogen (secondary N) is 1. The minimum Gasteiger partial charge on any atom is -0.345 e. The monoisotopic (exact) mass is 326 g/mol. The SMILES string of the molecule is Cc1cc(C(=O)NC2(C)CCS(=O)(=O)C2)sc1C#CCN. The molecule has 1 saturated heterocycles. The van der Waals surface area contributed by atoms with E-state index < -0.39 is 15.4 Å². The summed E-state index contributed by atoms with van der Waals surface area (Å²) in [5, 5.41) is 2.84. The second-order valence-corrected chi connectivity index (χ2v) is 8.72. The van der Waals surface area contributed by atoms with Gasteiger partial charge >= 0.3 is 0 Å². The van der Waals surface area contributed by atoms with Crippen LogP contribution in [-0.4, -0.2) is 37.9 Å². The number of sulfone groups is 1. The van der Waals surface area contributed by atoms with E-state index in [-0.39, 0.29) is 24.0 Å². The Hall–Kier alpha value is -1.36. The molecule has 0 spiro atoms. The third-order valence-electron chi connectivity index (χ3n) is 3.36. The lowest BCUT2D eigenvalue weighted by Crippen LogP contribution is -2.46. The average Bonchev–Trinajstić information content (AvgIpc) is 2.87. The Balaban J connectivity index is 2.15. The molecule has 0 aliphatic carbocycles. The predicted molar refractivity (Wildman–Crippen MR) is 84.1 cm³/mol. The molecule has 2 rings (SSSR count). The van der Waals surface area contributed by atoms with Crippen molar-refractivity contribution in [3.8, 4) is 11.8 Å². The van der Waals surface area contributed by atoms with Crippen LogP contribution < -0.4 is 11.1 Å². The van der Waals surface area contributed by atoms with Crippen molar-refractivity contribution >= 4 is 27.1 Å². The number of hydrogen-bond donors (Lipinski definition) is 2. The predicted octanol–water partition coefficient (Wildman–Crippen LogP) is 0.674. The second-order valence-electron chi connectivity index (χ2n) is 5.49. The molecule has 5 nitrogen and oxygen atoms in total. The molecule has 114 valence electrons. The average molecular weight is 326 g/mol. The molecule has 3 N–H and O–H groups in total. The molecule has 1 aromatic rings. The van der Waals surface area contributed by atoms with Crippen LogP contribution in [0.25, 0.3) is 0 Å². The zero-order valence-corrected chi connectivity index (χ0v) is 13.7. The van der Waals surface area contributed by atoms with Crippen molar-refractivity contribution in [2.45, 2.75) is 25.8 Å². The Morgan fingerprint density at radius 2 is 2.29 bits per heavy atom. The van der Waals surface area contributed by atoms with Crippen molar-refractivity contribution in [1.82, 2.24) is 5.32 Å². The lowest BCUT2D eigenvalue weighted by molar-refractivity contribution is 0.0919. The van der Waals surface area contributed by atoms with Crippen LogP contribution in [0.4, 0.5) is 0 Å². The molecule has 1 aliphatic heterocycles. The summed E-state index contributed by atoms with van der Waals surface area (Å²) in [5.41, 5.74) is 5.58. The first-order valence-corrected chi connectivity index (χ1v) is 9.21. The maximum absolute atomic E-state index is 12.3. The van der Waals surface area contributed by atoms with Gasteiger partial charge in [0.25, 0.3) is 5.91 Å². The summed E-state index contributed by atoms with van der Waals surface area (Å²) in [7, 11) is -3.04. The van der Waals surface area contributed by atoms with Crippen LogP contribution in [0.3, 0.4) is 0 Å². The Kier molecular flexibility index (Phi) is 4.42. The van der Waals surface area contributed by atoms with Crippen LogP contribution in [0.15, 0.2) is 6.07 Å². The minimum absolute atomic E-state index is 0.00403. The van der Waals surface area contributed by atoms with E-state index in [1.165, 1.54) is 11.3 Å². The van der Waals surface area contributed by atoms with Crippen LogP contribution >= 0.6 is 11.3 Å². The van der Waals surface area contributed by atoms with Crippen molar-refractivity contribution < 1.29 is 13.2 Å². The number of carbonyl (C=O) groups excluding carboxylic acids is 1. The highest BCUT2D eigenvalue weighted by Gasteiger charge is 2.39. The first-order valence-electron chi connectivity index (χ1n) is 6.57. The third-order valence-corrected chi connectivity index (χ3v) is 6.42. The highest BCUT2D eigenvalue weighted by molar-refractivity contribution is 7.91. The topological polar surface area (TPSA) is 89.3 Å². The number of thiophene rings is 1. The first kappa shape index (κ1) is 16.0. The first-order chi connectivity index (χ1) is 9.75.